The van der Waals surface area contributed by atoms with E-state index in [9.17, 15) is 8.42 Å². The molecule has 0 aliphatic heterocycles. The third-order valence-electron chi connectivity index (χ3n) is 3.54. The normalized spacial score (nSPS) is 11.6. The van der Waals surface area contributed by atoms with Gasteiger partial charge < -0.3 is 0 Å². The fourth-order valence-corrected chi connectivity index (χ4v) is 4.45. The zero-order chi connectivity index (χ0) is 17.9. The summed E-state index contributed by atoms with van der Waals surface area (Å²) in [4.78, 5) is 10.1. The first-order valence-electron chi connectivity index (χ1n) is 7.58. The molecule has 8 heteroatoms. The number of aromatic nitrogens is 2. The van der Waals surface area contributed by atoms with Gasteiger partial charge in [0.15, 0.2) is 0 Å². The maximum absolute atomic E-state index is 12.3. The minimum atomic E-state index is -3.54. The van der Waals surface area contributed by atoms with Gasteiger partial charge in [-0.25, -0.2) is 18.1 Å². The van der Waals surface area contributed by atoms with Gasteiger partial charge in [-0.1, -0.05) is 17.7 Å². The molecule has 0 fully saturated rings. The molecule has 0 unspecified atom stereocenters. The molecule has 1 N–H and O–H groups in total. The number of benzene rings is 1. The Morgan fingerprint density at radius 3 is 2.60 bits per heavy atom. The molecule has 2 aromatic heterocycles. The molecule has 0 radical (unpaired) electrons. The number of hydrogen-bond donors (Lipinski definition) is 1. The maximum atomic E-state index is 12.3. The Hall–Kier alpha value is -1.80. The summed E-state index contributed by atoms with van der Waals surface area (Å²) in [5.74, 6) is 0. The highest BCUT2D eigenvalue weighted by atomic mass is 35.5. The molecule has 3 rings (SSSR count). The first-order valence-corrected chi connectivity index (χ1v) is 10.3. The smallest absolute Gasteiger partial charge is 0.240 e. The van der Waals surface area contributed by atoms with Gasteiger partial charge >= 0.3 is 0 Å². The summed E-state index contributed by atoms with van der Waals surface area (Å²) in [6, 6.07) is 11.8. The lowest BCUT2D eigenvalue weighted by atomic mass is 10.3. The highest BCUT2D eigenvalue weighted by molar-refractivity contribution is 7.89. The van der Waals surface area contributed by atoms with Gasteiger partial charge in [0, 0.05) is 22.6 Å². The van der Waals surface area contributed by atoms with Crippen molar-refractivity contribution >= 4 is 33.0 Å². The van der Waals surface area contributed by atoms with E-state index in [1.807, 2.05) is 25.1 Å². The monoisotopic (exact) mass is 393 g/mol. The number of halogens is 1. The van der Waals surface area contributed by atoms with Crippen molar-refractivity contribution in [1.82, 2.24) is 14.7 Å². The highest BCUT2D eigenvalue weighted by Gasteiger charge is 2.15. The van der Waals surface area contributed by atoms with Crippen LogP contribution in [-0.4, -0.2) is 24.9 Å². The Morgan fingerprint density at radius 2 is 1.92 bits per heavy atom. The van der Waals surface area contributed by atoms with Crippen LogP contribution >= 0.6 is 22.9 Å². The molecule has 0 aliphatic rings. The Balaban J connectivity index is 1.66. The lowest BCUT2D eigenvalue weighted by Crippen LogP contribution is -2.25. The first kappa shape index (κ1) is 18.0. The second kappa shape index (κ2) is 7.61. The van der Waals surface area contributed by atoms with E-state index in [4.69, 9.17) is 11.6 Å². The fraction of sp³-hybridized carbons (Fsp3) is 0.176. The second-order valence-electron chi connectivity index (χ2n) is 5.34. The average molecular weight is 394 g/mol. The van der Waals surface area contributed by atoms with E-state index in [1.54, 1.807) is 18.3 Å². The van der Waals surface area contributed by atoms with Gasteiger partial charge in [0.25, 0.3) is 0 Å². The van der Waals surface area contributed by atoms with E-state index in [2.05, 4.69) is 14.7 Å². The molecule has 3 aromatic rings. The van der Waals surface area contributed by atoms with E-state index in [0.29, 0.717) is 18.0 Å². The predicted octanol–water partition coefficient (Wildman–Crippen LogP) is 3.69. The van der Waals surface area contributed by atoms with Gasteiger partial charge in [0.2, 0.25) is 10.0 Å². The van der Waals surface area contributed by atoms with Crippen LogP contribution in [0.25, 0.3) is 10.7 Å². The lowest BCUT2D eigenvalue weighted by Gasteiger charge is -2.06. The molecule has 0 bridgehead atoms. The van der Waals surface area contributed by atoms with Crippen LogP contribution in [0.15, 0.2) is 53.6 Å². The quantitative estimate of drug-likeness (QED) is 0.693. The Labute approximate surface area is 155 Å². The third-order valence-corrected chi connectivity index (χ3v) is 6.51. The van der Waals surface area contributed by atoms with E-state index in [1.165, 1.54) is 23.5 Å². The van der Waals surface area contributed by atoms with Crippen LogP contribution in [-0.2, 0) is 16.4 Å². The number of sulfonamides is 1. The summed E-state index contributed by atoms with van der Waals surface area (Å²) in [6.45, 7) is 2.22. The molecule has 0 saturated carbocycles. The number of nitrogens with one attached hydrogen (secondary N) is 1. The topological polar surface area (TPSA) is 72.0 Å². The first-order chi connectivity index (χ1) is 12.0. The van der Waals surface area contributed by atoms with Gasteiger partial charge in [0.05, 0.1) is 16.3 Å². The number of rotatable bonds is 6. The molecule has 0 amide bonds. The molecular weight excluding hydrogens is 378 g/mol. The number of hydrogen-bond acceptors (Lipinski definition) is 5. The predicted molar refractivity (Wildman–Crippen MR) is 100 cm³/mol. The molecule has 130 valence electrons. The minimum Gasteiger partial charge on any atom is -0.254 e. The Kier molecular flexibility index (Phi) is 5.48. The molecule has 1 aromatic carbocycles. The van der Waals surface area contributed by atoms with Crippen molar-refractivity contribution in [2.45, 2.75) is 18.2 Å². The van der Waals surface area contributed by atoms with Crippen molar-refractivity contribution < 1.29 is 8.42 Å². The minimum absolute atomic E-state index is 0.201. The standard InChI is InChI=1S/C17H16ClN3O2S2/c1-12-16(24-17(21-12)15-4-2-3-10-19-15)9-11-20-25(22,23)14-7-5-13(18)6-8-14/h2-8,10,20H,9,11H2,1H3. The zero-order valence-corrected chi connectivity index (χ0v) is 15.8. The van der Waals surface area contributed by atoms with Crippen molar-refractivity contribution in [3.05, 3.63) is 64.3 Å². The van der Waals surface area contributed by atoms with Gasteiger partial charge in [0.1, 0.15) is 5.01 Å². The molecular formula is C17H16ClN3O2S2. The number of nitrogens with zero attached hydrogens (tertiary/aromatic N) is 2. The van der Waals surface area contributed by atoms with Gasteiger partial charge in [-0.3, -0.25) is 4.98 Å². The zero-order valence-electron chi connectivity index (χ0n) is 13.4. The fourth-order valence-electron chi connectivity index (χ4n) is 2.25. The van der Waals surface area contributed by atoms with Crippen LogP contribution in [0.4, 0.5) is 0 Å². The van der Waals surface area contributed by atoms with Gasteiger partial charge in [-0.15, -0.1) is 11.3 Å². The van der Waals surface area contributed by atoms with Crippen molar-refractivity contribution in [2.75, 3.05) is 6.54 Å². The van der Waals surface area contributed by atoms with Crippen LogP contribution in [0.5, 0.6) is 0 Å². The Morgan fingerprint density at radius 1 is 1.16 bits per heavy atom. The Bertz CT molecular complexity index is 955. The molecule has 25 heavy (non-hydrogen) atoms. The summed E-state index contributed by atoms with van der Waals surface area (Å²) in [6.07, 6.45) is 2.30. The summed E-state index contributed by atoms with van der Waals surface area (Å²) in [5.41, 5.74) is 1.72. The van der Waals surface area contributed by atoms with E-state index < -0.39 is 10.0 Å². The van der Waals surface area contributed by atoms with Crippen LogP contribution in [0.2, 0.25) is 5.02 Å². The van der Waals surface area contributed by atoms with Crippen molar-refractivity contribution in [2.24, 2.45) is 0 Å². The van der Waals surface area contributed by atoms with Crippen LogP contribution in [0, 0.1) is 6.92 Å². The van der Waals surface area contributed by atoms with Crippen LogP contribution in [0.3, 0.4) is 0 Å². The van der Waals surface area contributed by atoms with E-state index in [-0.39, 0.29) is 4.90 Å². The molecule has 5 nitrogen and oxygen atoms in total. The van der Waals surface area contributed by atoms with Crippen molar-refractivity contribution in [3.8, 4) is 10.7 Å². The molecule has 2 heterocycles. The highest BCUT2D eigenvalue weighted by Crippen LogP contribution is 2.26. The van der Waals surface area contributed by atoms with Crippen molar-refractivity contribution in [3.63, 3.8) is 0 Å². The molecule has 0 atom stereocenters. The number of pyridine rings is 1. The largest absolute Gasteiger partial charge is 0.254 e. The number of thiazole rings is 1. The maximum Gasteiger partial charge on any atom is 0.240 e. The SMILES string of the molecule is Cc1nc(-c2ccccn2)sc1CCNS(=O)(=O)c1ccc(Cl)cc1. The van der Waals surface area contributed by atoms with E-state index >= 15 is 0 Å². The summed E-state index contributed by atoms with van der Waals surface area (Å²) < 4.78 is 27.1. The van der Waals surface area contributed by atoms with E-state index in [0.717, 1.165) is 21.3 Å². The molecule has 0 aliphatic carbocycles. The van der Waals surface area contributed by atoms with Crippen molar-refractivity contribution in [1.29, 1.82) is 0 Å². The lowest BCUT2D eigenvalue weighted by molar-refractivity contribution is 0.582. The summed E-state index contributed by atoms with van der Waals surface area (Å²) in [5, 5.41) is 1.34. The molecule has 0 spiro atoms. The van der Waals surface area contributed by atoms with Crippen LogP contribution < -0.4 is 4.72 Å². The summed E-state index contributed by atoms with van der Waals surface area (Å²) >= 11 is 7.33. The molecule has 0 saturated heterocycles. The second-order valence-corrected chi connectivity index (χ2v) is 8.63. The van der Waals surface area contributed by atoms with Gasteiger partial charge in [-0.2, -0.15) is 0 Å². The third kappa shape index (κ3) is 4.43. The summed E-state index contributed by atoms with van der Waals surface area (Å²) in [7, 11) is -3.54. The van der Waals surface area contributed by atoms with Gasteiger partial charge in [-0.05, 0) is 49.7 Å². The van der Waals surface area contributed by atoms with Crippen LogP contribution in [0.1, 0.15) is 10.6 Å². The average Bonchev–Trinajstić information content (AvgIpc) is 2.97. The number of aryl methyl sites for hydroxylation is 1.